The summed E-state index contributed by atoms with van der Waals surface area (Å²) >= 11 is 3.37. The largest absolute Gasteiger partial charge is 0.367 e. The van der Waals surface area contributed by atoms with Crippen molar-refractivity contribution in [2.45, 2.75) is 6.61 Å². The molecule has 3 aromatic rings. The van der Waals surface area contributed by atoms with Crippen LogP contribution in [0.15, 0.2) is 71.5 Å². The van der Waals surface area contributed by atoms with Gasteiger partial charge in [-0.1, -0.05) is 42.5 Å². The first-order valence-corrected chi connectivity index (χ1v) is 8.23. The third-order valence-electron chi connectivity index (χ3n) is 3.32. The number of aromatic nitrogens is 2. The van der Waals surface area contributed by atoms with Crippen LogP contribution in [0.2, 0.25) is 0 Å². The molecule has 3 rings (SSSR count). The number of nitrogens with zero attached hydrogens (tertiary/aromatic N) is 2. The molecule has 0 atom stereocenters. The molecule has 2 aromatic carbocycles. The Morgan fingerprint density at radius 3 is 2.62 bits per heavy atom. The molecule has 24 heavy (non-hydrogen) atoms. The first kappa shape index (κ1) is 16.4. The van der Waals surface area contributed by atoms with E-state index in [0.29, 0.717) is 12.3 Å². The topological polar surface area (TPSA) is 56.1 Å². The second kappa shape index (κ2) is 7.90. The fraction of sp³-hybridized carbons (Fsp3) is 0.111. The predicted octanol–water partition coefficient (Wildman–Crippen LogP) is 3.79. The Morgan fingerprint density at radius 1 is 1.12 bits per heavy atom. The van der Waals surface area contributed by atoms with Gasteiger partial charge >= 0.3 is 0 Å². The van der Waals surface area contributed by atoms with Crippen LogP contribution >= 0.6 is 15.9 Å². The zero-order valence-corrected chi connectivity index (χ0v) is 14.4. The maximum atomic E-state index is 12.1. The molecule has 0 saturated heterocycles. The highest BCUT2D eigenvalue weighted by Crippen LogP contribution is 2.21. The first-order valence-electron chi connectivity index (χ1n) is 7.43. The van der Waals surface area contributed by atoms with Gasteiger partial charge in [0.1, 0.15) is 6.61 Å². The normalized spacial score (nSPS) is 10.5. The number of benzene rings is 2. The smallest absolute Gasteiger partial charge is 0.250 e. The summed E-state index contributed by atoms with van der Waals surface area (Å²) in [7, 11) is 0. The number of rotatable bonds is 6. The minimum atomic E-state index is -0.204. The molecule has 0 spiro atoms. The number of carbonyl (C=O) groups excluding carboxylic acids is 1. The summed E-state index contributed by atoms with van der Waals surface area (Å²) in [5.74, 6) is -0.204. The van der Waals surface area contributed by atoms with Crippen molar-refractivity contribution in [1.82, 2.24) is 9.78 Å². The highest BCUT2D eigenvalue weighted by molar-refractivity contribution is 9.10. The van der Waals surface area contributed by atoms with Crippen LogP contribution in [0.5, 0.6) is 0 Å². The van der Waals surface area contributed by atoms with Crippen LogP contribution in [-0.2, 0) is 16.1 Å². The summed E-state index contributed by atoms with van der Waals surface area (Å²) in [5, 5.41) is 7.11. The van der Waals surface area contributed by atoms with Gasteiger partial charge in [0.2, 0.25) is 5.91 Å². The van der Waals surface area contributed by atoms with Crippen LogP contribution in [0.1, 0.15) is 5.56 Å². The van der Waals surface area contributed by atoms with Crippen LogP contribution < -0.4 is 5.32 Å². The van der Waals surface area contributed by atoms with Crippen molar-refractivity contribution in [3.05, 3.63) is 77.0 Å². The Balaban J connectivity index is 1.60. The van der Waals surface area contributed by atoms with E-state index in [1.807, 2.05) is 60.8 Å². The number of ether oxygens (including phenoxy) is 1. The number of carbonyl (C=O) groups is 1. The molecule has 0 aliphatic rings. The number of para-hydroxylation sites is 2. The minimum Gasteiger partial charge on any atom is -0.367 e. The van der Waals surface area contributed by atoms with E-state index in [0.717, 1.165) is 15.7 Å². The van der Waals surface area contributed by atoms with Crippen molar-refractivity contribution in [2.24, 2.45) is 0 Å². The molecule has 1 heterocycles. The molecule has 1 aromatic heterocycles. The van der Waals surface area contributed by atoms with Gasteiger partial charge in [-0.2, -0.15) is 5.10 Å². The second-order valence-electron chi connectivity index (χ2n) is 5.15. The molecule has 122 valence electrons. The summed E-state index contributed by atoms with van der Waals surface area (Å²) < 4.78 is 8.03. The fourth-order valence-electron chi connectivity index (χ4n) is 2.23. The Labute approximate surface area is 148 Å². The zero-order chi connectivity index (χ0) is 16.8. The second-order valence-corrected chi connectivity index (χ2v) is 6.06. The van der Waals surface area contributed by atoms with E-state index in [9.17, 15) is 4.79 Å². The SMILES string of the molecule is O=C(COCc1ccccc1)Nc1ccccc1-n1cc(Br)cn1. The molecule has 6 heteroatoms. The Bertz CT molecular complexity index is 818. The Hall–Kier alpha value is -2.44. The van der Waals surface area contributed by atoms with Gasteiger partial charge in [-0.15, -0.1) is 0 Å². The molecule has 0 aliphatic heterocycles. The lowest BCUT2D eigenvalue weighted by molar-refractivity contribution is -0.121. The highest BCUT2D eigenvalue weighted by atomic mass is 79.9. The average molecular weight is 386 g/mol. The van der Waals surface area contributed by atoms with E-state index in [4.69, 9.17) is 4.74 Å². The van der Waals surface area contributed by atoms with Crippen molar-refractivity contribution in [1.29, 1.82) is 0 Å². The van der Waals surface area contributed by atoms with Crippen LogP contribution in [0.25, 0.3) is 5.69 Å². The maximum absolute atomic E-state index is 12.1. The van der Waals surface area contributed by atoms with Gasteiger partial charge in [0, 0.05) is 6.20 Å². The van der Waals surface area contributed by atoms with Gasteiger partial charge in [0.25, 0.3) is 0 Å². The third kappa shape index (κ3) is 4.31. The van der Waals surface area contributed by atoms with Gasteiger partial charge in [-0.3, -0.25) is 4.79 Å². The highest BCUT2D eigenvalue weighted by Gasteiger charge is 2.09. The molecule has 0 aliphatic carbocycles. The lowest BCUT2D eigenvalue weighted by atomic mass is 10.2. The van der Waals surface area contributed by atoms with Crippen molar-refractivity contribution in [2.75, 3.05) is 11.9 Å². The van der Waals surface area contributed by atoms with Crippen LogP contribution in [0.3, 0.4) is 0 Å². The summed E-state index contributed by atoms with van der Waals surface area (Å²) in [6.07, 6.45) is 3.53. The maximum Gasteiger partial charge on any atom is 0.250 e. The third-order valence-corrected chi connectivity index (χ3v) is 3.73. The van der Waals surface area contributed by atoms with Gasteiger partial charge in [0.15, 0.2) is 0 Å². The number of hydrogen-bond acceptors (Lipinski definition) is 3. The van der Waals surface area contributed by atoms with Crippen molar-refractivity contribution >= 4 is 27.5 Å². The summed E-state index contributed by atoms with van der Waals surface area (Å²) in [5.41, 5.74) is 2.51. The van der Waals surface area contributed by atoms with Gasteiger partial charge in [0.05, 0.1) is 28.7 Å². The molecule has 0 fully saturated rings. The lowest BCUT2D eigenvalue weighted by Crippen LogP contribution is -2.19. The fourth-order valence-corrected chi connectivity index (χ4v) is 2.52. The van der Waals surface area contributed by atoms with Crippen molar-refractivity contribution in [3.8, 4) is 5.69 Å². The van der Waals surface area contributed by atoms with E-state index in [-0.39, 0.29) is 12.5 Å². The van der Waals surface area contributed by atoms with E-state index in [2.05, 4.69) is 26.3 Å². The van der Waals surface area contributed by atoms with Crippen LogP contribution in [0.4, 0.5) is 5.69 Å². The molecule has 0 saturated carbocycles. The average Bonchev–Trinajstić information content (AvgIpc) is 3.02. The van der Waals surface area contributed by atoms with E-state index in [1.165, 1.54) is 0 Å². The van der Waals surface area contributed by atoms with Crippen LogP contribution in [-0.4, -0.2) is 22.3 Å². The van der Waals surface area contributed by atoms with Gasteiger partial charge in [-0.05, 0) is 33.6 Å². The summed E-state index contributed by atoms with van der Waals surface area (Å²) in [6, 6.07) is 17.2. The molecule has 5 nitrogen and oxygen atoms in total. The van der Waals surface area contributed by atoms with Gasteiger partial charge < -0.3 is 10.1 Å². The van der Waals surface area contributed by atoms with Crippen LogP contribution in [0, 0.1) is 0 Å². The predicted molar refractivity (Wildman–Crippen MR) is 96.0 cm³/mol. The van der Waals surface area contributed by atoms with Crippen molar-refractivity contribution < 1.29 is 9.53 Å². The van der Waals surface area contributed by atoms with E-state index < -0.39 is 0 Å². The first-order chi connectivity index (χ1) is 11.7. The monoisotopic (exact) mass is 385 g/mol. The summed E-state index contributed by atoms with van der Waals surface area (Å²) in [6.45, 7) is 0.397. The van der Waals surface area contributed by atoms with E-state index in [1.54, 1.807) is 10.9 Å². The number of nitrogens with one attached hydrogen (secondary N) is 1. The van der Waals surface area contributed by atoms with Crippen molar-refractivity contribution in [3.63, 3.8) is 0 Å². The molecular formula is C18H16BrN3O2. The standard InChI is InChI=1S/C18H16BrN3O2/c19-15-10-20-22(11-15)17-9-5-4-8-16(17)21-18(23)13-24-12-14-6-2-1-3-7-14/h1-11H,12-13H2,(H,21,23). The molecule has 1 N–H and O–H groups in total. The number of anilines is 1. The molecule has 1 amide bonds. The minimum absolute atomic E-state index is 0.00791. The Kier molecular flexibility index (Phi) is 5.40. The summed E-state index contributed by atoms with van der Waals surface area (Å²) in [4.78, 5) is 12.1. The zero-order valence-electron chi connectivity index (χ0n) is 12.9. The van der Waals surface area contributed by atoms with E-state index >= 15 is 0 Å². The molecule has 0 radical (unpaired) electrons. The Morgan fingerprint density at radius 2 is 1.88 bits per heavy atom. The quantitative estimate of drug-likeness (QED) is 0.702. The van der Waals surface area contributed by atoms with Gasteiger partial charge in [-0.25, -0.2) is 4.68 Å². The number of halogens is 1. The number of amides is 1. The molecule has 0 bridgehead atoms. The molecular weight excluding hydrogens is 370 g/mol. The lowest BCUT2D eigenvalue weighted by Gasteiger charge is -2.11. The number of hydrogen-bond donors (Lipinski definition) is 1. The molecule has 0 unspecified atom stereocenters.